The molecular weight excluding hydrogens is 266 g/mol. The number of hydrogen-bond acceptors (Lipinski definition) is 3. The number of rotatable bonds is 1. The molecule has 1 aromatic rings. The monoisotopic (exact) mass is 283 g/mol. The molecule has 1 aromatic carbocycles. The molecule has 1 unspecified atom stereocenters. The Morgan fingerprint density at radius 1 is 1.11 bits per heavy atom. The average molecular weight is 284 g/mol. The SMILES string of the molecule is Cl.c1ccc(C2=NC3(CCCCO3)CCS2)cc1. The highest BCUT2D eigenvalue weighted by atomic mass is 35.5. The van der Waals surface area contributed by atoms with Gasteiger partial charge in [0.25, 0.3) is 0 Å². The molecule has 0 saturated carbocycles. The predicted octanol–water partition coefficient (Wildman–Crippen LogP) is 3.89. The summed E-state index contributed by atoms with van der Waals surface area (Å²) < 4.78 is 5.96. The van der Waals surface area contributed by atoms with Gasteiger partial charge in [0.2, 0.25) is 0 Å². The molecule has 0 aromatic heterocycles. The highest BCUT2D eigenvalue weighted by Crippen LogP contribution is 2.36. The molecule has 0 N–H and O–H groups in total. The van der Waals surface area contributed by atoms with Gasteiger partial charge >= 0.3 is 0 Å². The zero-order valence-corrected chi connectivity index (χ0v) is 11.9. The normalized spacial score (nSPS) is 27.4. The Kier molecular flexibility index (Phi) is 4.71. The molecule has 0 amide bonds. The Morgan fingerprint density at radius 2 is 1.94 bits per heavy atom. The molecule has 98 valence electrons. The van der Waals surface area contributed by atoms with E-state index in [2.05, 4.69) is 24.3 Å². The Hall–Kier alpha value is -0.510. The summed E-state index contributed by atoms with van der Waals surface area (Å²) in [5.41, 5.74) is 1.03. The van der Waals surface area contributed by atoms with Crippen LogP contribution in [0.5, 0.6) is 0 Å². The third-order valence-corrected chi connectivity index (χ3v) is 4.40. The smallest absolute Gasteiger partial charge is 0.161 e. The maximum absolute atomic E-state index is 5.96. The van der Waals surface area contributed by atoms with Gasteiger partial charge in [-0.1, -0.05) is 30.3 Å². The fraction of sp³-hybridized carbons (Fsp3) is 0.500. The first kappa shape index (κ1) is 13.9. The summed E-state index contributed by atoms with van der Waals surface area (Å²) in [5, 5.41) is 1.15. The molecule has 3 rings (SSSR count). The molecule has 1 spiro atoms. The first-order valence-electron chi connectivity index (χ1n) is 6.30. The highest BCUT2D eigenvalue weighted by Gasteiger charge is 2.35. The Bertz CT molecular complexity index is 415. The van der Waals surface area contributed by atoms with Crippen LogP contribution in [0.1, 0.15) is 31.2 Å². The number of hydrogen-bond donors (Lipinski definition) is 0. The third-order valence-electron chi connectivity index (χ3n) is 3.39. The van der Waals surface area contributed by atoms with Crippen molar-refractivity contribution in [2.45, 2.75) is 31.4 Å². The van der Waals surface area contributed by atoms with Crippen LogP contribution in [-0.4, -0.2) is 23.1 Å². The van der Waals surface area contributed by atoms with Crippen LogP contribution in [0.3, 0.4) is 0 Å². The molecule has 4 heteroatoms. The lowest BCUT2D eigenvalue weighted by Crippen LogP contribution is -2.38. The van der Waals surface area contributed by atoms with E-state index < -0.39 is 0 Å². The van der Waals surface area contributed by atoms with Gasteiger partial charge in [-0.3, -0.25) is 0 Å². The first-order valence-corrected chi connectivity index (χ1v) is 7.29. The standard InChI is InChI=1S/C14H17NOS.ClH/c1-2-6-12(7-3-1)13-15-14(9-11-17-13)8-4-5-10-16-14;/h1-3,6-7H,4-5,8-11H2;1H. The van der Waals surface area contributed by atoms with Crippen LogP contribution in [0.25, 0.3) is 0 Å². The topological polar surface area (TPSA) is 21.6 Å². The van der Waals surface area contributed by atoms with Crippen LogP contribution >= 0.6 is 24.2 Å². The number of halogens is 1. The van der Waals surface area contributed by atoms with Gasteiger partial charge in [-0.25, -0.2) is 4.99 Å². The number of ether oxygens (including phenoxy) is 1. The molecule has 18 heavy (non-hydrogen) atoms. The quantitative estimate of drug-likeness (QED) is 0.780. The number of aliphatic imine (C=N–C) groups is 1. The Balaban J connectivity index is 0.00000120. The molecule has 0 bridgehead atoms. The molecule has 2 heterocycles. The van der Waals surface area contributed by atoms with Crippen molar-refractivity contribution >= 4 is 29.2 Å². The summed E-state index contributed by atoms with van der Waals surface area (Å²) in [6.07, 6.45) is 4.58. The van der Waals surface area contributed by atoms with Gasteiger partial charge in [0.05, 0.1) is 0 Å². The van der Waals surface area contributed by atoms with Crippen molar-refractivity contribution in [1.82, 2.24) is 0 Å². The number of benzene rings is 1. The largest absolute Gasteiger partial charge is 0.354 e. The second-order valence-corrected chi connectivity index (χ2v) is 5.72. The van der Waals surface area contributed by atoms with E-state index in [0.29, 0.717) is 0 Å². The van der Waals surface area contributed by atoms with Gasteiger partial charge in [0.1, 0.15) is 5.04 Å². The van der Waals surface area contributed by atoms with Crippen molar-refractivity contribution in [1.29, 1.82) is 0 Å². The zero-order valence-electron chi connectivity index (χ0n) is 10.3. The molecule has 2 aliphatic rings. The van der Waals surface area contributed by atoms with E-state index >= 15 is 0 Å². The fourth-order valence-electron chi connectivity index (χ4n) is 2.43. The van der Waals surface area contributed by atoms with E-state index in [9.17, 15) is 0 Å². The summed E-state index contributed by atoms with van der Waals surface area (Å²) in [5.74, 6) is 1.12. The number of nitrogens with zero attached hydrogens (tertiary/aromatic N) is 1. The van der Waals surface area contributed by atoms with Crippen LogP contribution in [0.2, 0.25) is 0 Å². The molecule has 1 saturated heterocycles. The van der Waals surface area contributed by atoms with Gasteiger partial charge in [-0.2, -0.15) is 0 Å². The van der Waals surface area contributed by atoms with E-state index in [1.807, 2.05) is 17.8 Å². The molecule has 1 fully saturated rings. The van der Waals surface area contributed by atoms with Gasteiger partial charge in [0.15, 0.2) is 5.72 Å². The summed E-state index contributed by atoms with van der Waals surface area (Å²) in [7, 11) is 0. The van der Waals surface area contributed by atoms with Crippen LogP contribution in [-0.2, 0) is 4.74 Å². The van der Waals surface area contributed by atoms with Crippen molar-refractivity contribution in [3.8, 4) is 0 Å². The van der Waals surface area contributed by atoms with Crippen molar-refractivity contribution in [3.05, 3.63) is 35.9 Å². The minimum atomic E-state index is -0.200. The molecular formula is C14H18ClNOS. The van der Waals surface area contributed by atoms with E-state index in [4.69, 9.17) is 9.73 Å². The molecule has 0 radical (unpaired) electrons. The second kappa shape index (κ2) is 6.09. The molecule has 1 atom stereocenters. The highest BCUT2D eigenvalue weighted by molar-refractivity contribution is 8.14. The zero-order chi connectivity index (χ0) is 11.6. The van der Waals surface area contributed by atoms with Crippen molar-refractivity contribution < 1.29 is 4.74 Å². The summed E-state index contributed by atoms with van der Waals surface area (Å²) >= 11 is 1.85. The van der Waals surface area contributed by atoms with Crippen LogP contribution in [0.4, 0.5) is 0 Å². The summed E-state index contributed by atoms with van der Waals surface area (Å²) in [6, 6.07) is 10.5. The molecule has 2 aliphatic heterocycles. The van der Waals surface area contributed by atoms with Crippen LogP contribution in [0, 0.1) is 0 Å². The number of thioether (sulfide) groups is 1. The lowest BCUT2D eigenvalue weighted by molar-refractivity contribution is -0.0736. The minimum absolute atomic E-state index is 0. The predicted molar refractivity (Wildman–Crippen MR) is 79.8 cm³/mol. The summed E-state index contributed by atoms with van der Waals surface area (Å²) in [6.45, 7) is 0.871. The van der Waals surface area contributed by atoms with Gasteiger partial charge in [0, 0.05) is 24.3 Å². The molecule has 2 nitrogen and oxygen atoms in total. The van der Waals surface area contributed by atoms with Gasteiger partial charge in [-0.05, 0) is 19.3 Å². The first-order chi connectivity index (χ1) is 8.38. The third kappa shape index (κ3) is 2.90. The van der Waals surface area contributed by atoms with E-state index in [1.165, 1.54) is 18.4 Å². The second-order valence-electron chi connectivity index (χ2n) is 4.63. The minimum Gasteiger partial charge on any atom is -0.354 e. The summed E-state index contributed by atoms with van der Waals surface area (Å²) in [4.78, 5) is 4.90. The maximum Gasteiger partial charge on any atom is 0.161 e. The van der Waals surface area contributed by atoms with Crippen molar-refractivity contribution in [3.63, 3.8) is 0 Å². The van der Waals surface area contributed by atoms with E-state index in [-0.39, 0.29) is 18.1 Å². The lowest BCUT2D eigenvalue weighted by Gasteiger charge is -2.37. The average Bonchev–Trinajstić information content (AvgIpc) is 2.41. The Morgan fingerprint density at radius 3 is 2.67 bits per heavy atom. The molecule has 0 aliphatic carbocycles. The van der Waals surface area contributed by atoms with Gasteiger partial charge < -0.3 is 4.74 Å². The Labute approximate surface area is 119 Å². The van der Waals surface area contributed by atoms with Crippen molar-refractivity contribution in [2.24, 2.45) is 4.99 Å². The lowest BCUT2D eigenvalue weighted by atomic mass is 10.0. The fourth-order valence-corrected chi connectivity index (χ4v) is 3.58. The van der Waals surface area contributed by atoms with Crippen molar-refractivity contribution in [2.75, 3.05) is 12.4 Å². The van der Waals surface area contributed by atoms with Crippen LogP contribution in [0.15, 0.2) is 35.3 Å². The van der Waals surface area contributed by atoms with E-state index in [1.54, 1.807) is 0 Å². The van der Waals surface area contributed by atoms with Gasteiger partial charge in [-0.15, -0.1) is 24.2 Å². The van der Waals surface area contributed by atoms with E-state index in [0.717, 1.165) is 30.2 Å². The van der Waals surface area contributed by atoms with Crippen LogP contribution < -0.4 is 0 Å². The maximum atomic E-state index is 5.96.